The van der Waals surface area contributed by atoms with Crippen LogP contribution in [0.3, 0.4) is 0 Å². The van der Waals surface area contributed by atoms with Gasteiger partial charge < -0.3 is 19.3 Å². The van der Waals surface area contributed by atoms with Crippen LogP contribution in [0.25, 0.3) is 0 Å². The number of aliphatic hydroxyl groups excluding tert-OH is 1. The van der Waals surface area contributed by atoms with Gasteiger partial charge in [0.05, 0.1) is 6.10 Å². The lowest BCUT2D eigenvalue weighted by Gasteiger charge is -2.30. The van der Waals surface area contributed by atoms with Gasteiger partial charge in [-0.15, -0.1) is 11.6 Å². The zero-order valence-electron chi connectivity index (χ0n) is 10.4. The maximum absolute atomic E-state index is 11.5. The van der Waals surface area contributed by atoms with E-state index in [1.807, 2.05) is 0 Å². The van der Waals surface area contributed by atoms with E-state index >= 15 is 0 Å². The van der Waals surface area contributed by atoms with Crippen LogP contribution in [-0.4, -0.2) is 48.2 Å². The molecule has 2 aliphatic rings. The zero-order chi connectivity index (χ0) is 13.2. The highest BCUT2D eigenvalue weighted by Gasteiger charge is 2.64. The molecule has 6 heteroatoms. The summed E-state index contributed by atoms with van der Waals surface area (Å²) in [5.74, 6) is 0.207. The highest BCUT2D eigenvalue weighted by atomic mass is 35.5. The van der Waals surface area contributed by atoms with Crippen LogP contribution >= 0.6 is 11.6 Å². The Morgan fingerprint density at radius 1 is 1.61 bits per heavy atom. The van der Waals surface area contributed by atoms with Gasteiger partial charge in [0.25, 0.3) is 0 Å². The summed E-state index contributed by atoms with van der Waals surface area (Å²) in [5, 5.41) is 10.0. The van der Waals surface area contributed by atoms with E-state index in [9.17, 15) is 9.90 Å². The molecule has 1 heterocycles. The highest BCUT2D eigenvalue weighted by Crippen LogP contribution is 2.48. The number of hydrogen-bond acceptors (Lipinski definition) is 5. The molecule has 1 spiro atoms. The molecule has 5 nitrogen and oxygen atoms in total. The van der Waals surface area contributed by atoms with Crippen molar-refractivity contribution in [2.75, 3.05) is 13.0 Å². The zero-order valence-corrected chi connectivity index (χ0v) is 11.2. The van der Waals surface area contributed by atoms with Gasteiger partial charge in [0.15, 0.2) is 6.29 Å². The van der Waals surface area contributed by atoms with Gasteiger partial charge in [0, 0.05) is 25.8 Å². The van der Waals surface area contributed by atoms with E-state index < -0.39 is 11.7 Å². The molecule has 1 aliphatic heterocycles. The molecule has 1 saturated carbocycles. The second-order valence-corrected chi connectivity index (χ2v) is 5.21. The Labute approximate surface area is 111 Å². The number of halogens is 1. The van der Waals surface area contributed by atoms with Crippen LogP contribution in [0.15, 0.2) is 0 Å². The number of epoxide rings is 1. The lowest BCUT2D eigenvalue weighted by Crippen LogP contribution is -2.42. The quantitative estimate of drug-likeness (QED) is 0.465. The molecule has 0 radical (unpaired) electrons. The SMILES string of the molecule is COC1OC12CCC(OC(=O)CCCCl)CC2O. The van der Waals surface area contributed by atoms with Gasteiger partial charge in [-0.3, -0.25) is 4.79 Å². The van der Waals surface area contributed by atoms with Crippen molar-refractivity contribution in [3.63, 3.8) is 0 Å². The topological polar surface area (TPSA) is 68.3 Å². The molecule has 0 aromatic rings. The molecule has 0 aromatic heterocycles. The van der Waals surface area contributed by atoms with Crippen molar-refractivity contribution in [1.29, 1.82) is 0 Å². The fourth-order valence-corrected chi connectivity index (χ4v) is 2.64. The van der Waals surface area contributed by atoms with Crippen LogP contribution in [0.5, 0.6) is 0 Å². The predicted octanol–water partition coefficient (Wildman–Crippen LogP) is 1.20. The molecule has 1 N–H and O–H groups in total. The second kappa shape index (κ2) is 5.74. The molecule has 2 rings (SSSR count). The van der Waals surface area contributed by atoms with E-state index in [1.54, 1.807) is 7.11 Å². The first-order valence-electron chi connectivity index (χ1n) is 6.26. The number of methoxy groups -OCH3 is 1. The molecule has 4 unspecified atom stereocenters. The van der Waals surface area contributed by atoms with Crippen molar-refractivity contribution in [2.45, 2.75) is 56.2 Å². The Bertz CT molecular complexity index is 311. The van der Waals surface area contributed by atoms with Crippen LogP contribution in [0, 0.1) is 0 Å². The Morgan fingerprint density at radius 2 is 2.39 bits per heavy atom. The highest BCUT2D eigenvalue weighted by molar-refractivity contribution is 6.17. The Hall–Kier alpha value is -0.360. The van der Waals surface area contributed by atoms with Gasteiger partial charge in [-0.2, -0.15) is 0 Å². The van der Waals surface area contributed by atoms with Crippen LogP contribution in [0.1, 0.15) is 32.1 Å². The molecule has 4 atom stereocenters. The normalized spacial score (nSPS) is 38.7. The van der Waals surface area contributed by atoms with Crippen LogP contribution in [-0.2, 0) is 19.0 Å². The molecule has 0 bridgehead atoms. The molecular formula is C12H19ClO5. The summed E-state index contributed by atoms with van der Waals surface area (Å²) in [7, 11) is 1.56. The molecule has 2 fully saturated rings. The number of aliphatic hydroxyl groups is 1. The molecule has 1 saturated heterocycles. The number of carbonyl (C=O) groups excluding carboxylic acids is 1. The van der Waals surface area contributed by atoms with E-state index in [0.717, 1.165) is 0 Å². The van der Waals surface area contributed by atoms with Crippen LogP contribution in [0.4, 0.5) is 0 Å². The third-order valence-corrected chi connectivity index (χ3v) is 3.87. The smallest absolute Gasteiger partial charge is 0.306 e. The van der Waals surface area contributed by atoms with Crippen molar-refractivity contribution < 1.29 is 24.1 Å². The summed E-state index contributed by atoms with van der Waals surface area (Å²) in [6.07, 6.45) is 1.53. The van der Waals surface area contributed by atoms with Gasteiger partial charge in [-0.05, 0) is 19.3 Å². The summed E-state index contributed by atoms with van der Waals surface area (Å²) in [5.41, 5.74) is -0.562. The molecule has 18 heavy (non-hydrogen) atoms. The average Bonchev–Trinajstić information content (AvgIpc) is 3.07. The molecule has 104 valence electrons. The number of carbonyl (C=O) groups is 1. The van der Waals surface area contributed by atoms with Gasteiger partial charge >= 0.3 is 5.97 Å². The third-order valence-electron chi connectivity index (χ3n) is 3.60. The Kier molecular flexibility index (Phi) is 4.48. The predicted molar refractivity (Wildman–Crippen MR) is 64.3 cm³/mol. The lowest BCUT2D eigenvalue weighted by molar-refractivity contribution is -0.154. The van der Waals surface area contributed by atoms with E-state index in [2.05, 4.69) is 0 Å². The van der Waals surface area contributed by atoms with Gasteiger partial charge in [-0.1, -0.05) is 0 Å². The van der Waals surface area contributed by atoms with Crippen molar-refractivity contribution in [1.82, 2.24) is 0 Å². The minimum absolute atomic E-state index is 0.227. The number of alkyl halides is 1. The Morgan fingerprint density at radius 3 is 2.94 bits per heavy atom. The minimum Gasteiger partial charge on any atom is -0.462 e. The average molecular weight is 279 g/mol. The lowest BCUT2D eigenvalue weighted by atomic mass is 9.84. The second-order valence-electron chi connectivity index (χ2n) is 4.84. The maximum Gasteiger partial charge on any atom is 0.306 e. The van der Waals surface area contributed by atoms with E-state index in [-0.39, 0.29) is 18.4 Å². The largest absolute Gasteiger partial charge is 0.462 e. The number of rotatable bonds is 5. The van der Waals surface area contributed by atoms with Gasteiger partial charge in [0.1, 0.15) is 11.7 Å². The fourth-order valence-electron chi connectivity index (χ4n) is 2.51. The Balaban J connectivity index is 1.77. The van der Waals surface area contributed by atoms with Crippen molar-refractivity contribution in [2.24, 2.45) is 0 Å². The minimum atomic E-state index is -0.637. The first kappa shape index (κ1) is 14.1. The first-order valence-corrected chi connectivity index (χ1v) is 6.80. The number of esters is 1. The van der Waals surface area contributed by atoms with E-state index in [0.29, 0.717) is 38.0 Å². The third kappa shape index (κ3) is 2.79. The monoisotopic (exact) mass is 278 g/mol. The van der Waals surface area contributed by atoms with Gasteiger partial charge in [-0.25, -0.2) is 0 Å². The fraction of sp³-hybridized carbons (Fsp3) is 0.917. The molecule has 1 aliphatic carbocycles. The summed E-state index contributed by atoms with van der Waals surface area (Å²) < 4.78 is 15.8. The summed E-state index contributed by atoms with van der Waals surface area (Å²) in [6.45, 7) is 0. The van der Waals surface area contributed by atoms with Crippen LogP contribution in [0.2, 0.25) is 0 Å². The summed E-state index contributed by atoms with van der Waals surface area (Å²) in [6, 6.07) is 0. The maximum atomic E-state index is 11.5. The van der Waals surface area contributed by atoms with E-state index in [4.69, 9.17) is 25.8 Å². The van der Waals surface area contributed by atoms with Crippen molar-refractivity contribution in [3.05, 3.63) is 0 Å². The van der Waals surface area contributed by atoms with Crippen LogP contribution < -0.4 is 0 Å². The molecule has 0 amide bonds. The van der Waals surface area contributed by atoms with E-state index in [1.165, 1.54) is 0 Å². The molecule has 0 aromatic carbocycles. The summed E-state index contributed by atoms with van der Waals surface area (Å²) in [4.78, 5) is 11.5. The first-order chi connectivity index (χ1) is 8.62. The molecular weight excluding hydrogens is 260 g/mol. The number of hydrogen-bond donors (Lipinski definition) is 1. The summed E-state index contributed by atoms with van der Waals surface area (Å²) >= 11 is 5.51. The van der Waals surface area contributed by atoms with Crippen molar-refractivity contribution >= 4 is 17.6 Å². The van der Waals surface area contributed by atoms with Gasteiger partial charge in [0.2, 0.25) is 0 Å². The van der Waals surface area contributed by atoms with Crippen molar-refractivity contribution in [3.8, 4) is 0 Å². The standard InChI is InChI=1S/C12H19ClO5/c1-16-11-12(18-11)5-4-8(7-9(12)14)17-10(15)3-2-6-13/h8-9,11,14H,2-7H2,1H3. The number of ether oxygens (including phenoxy) is 3.